The molecule has 1 aromatic heterocycles. The maximum atomic E-state index is 12.4. The third-order valence-corrected chi connectivity index (χ3v) is 4.08. The van der Waals surface area contributed by atoms with Crippen molar-refractivity contribution in [3.63, 3.8) is 0 Å². The molecule has 1 saturated heterocycles. The smallest absolute Gasteiger partial charge is 0.257 e. The van der Waals surface area contributed by atoms with E-state index in [9.17, 15) is 9.90 Å². The van der Waals surface area contributed by atoms with E-state index in [-0.39, 0.29) is 36.5 Å². The first-order chi connectivity index (χ1) is 11.2. The van der Waals surface area contributed by atoms with Gasteiger partial charge in [0.2, 0.25) is 0 Å². The van der Waals surface area contributed by atoms with Gasteiger partial charge in [-0.3, -0.25) is 9.69 Å². The van der Waals surface area contributed by atoms with Crippen molar-refractivity contribution < 1.29 is 14.3 Å². The Hall–Kier alpha value is -1.73. The Bertz CT molecular complexity index is 685. The normalized spacial score (nSPS) is 14.5. The van der Waals surface area contributed by atoms with Crippen molar-refractivity contribution >= 4 is 30.7 Å². The summed E-state index contributed by atoms with van der Waals surface area (Å²) in [5.74, 6) is 0.897. The quantitative estimate of drug-likeness (QED) is 0.840. The average molecular weight is 388 g/mol. The summed E-state index contributed by atoms with van der Waals surface area (Å²) >= 11 is 0. The van der Waals surface area contributed by atoms with Gasteiger partial charge in [0.25, 0.3) is 5.91 Å². The van der Waals surface area contributed by atoms with Crippen LogP contribution in [0.15, 0.2) is 41.0 Å². The van der Waals surface area contributed by atoms with Crippen molar-refractivity contribution in [2.75, 3.05) is 26.2 Å². The maximum Gasteiger partial charge on any atom is 0.257 e. The maximum absolute atomic E-state index is 12.4. The zero-order chi connectivity index (χ0) is 16.2. The number of phenols is 1. The predicted molar refractivity (Wildman–Crippen MR) is 100 cm³/mol. The number of benzene rings is 1. The first-order valence-corrected chi connectivity index (χ1v) is 7.73. The fourth-order valence-electron chi connectivity index (χ4n) is 2.80. The van der Waals surface area contributed by atoms with E-state index in [1.807, 2.05) is 17.0 Å². The number of carbonyl (C=O) groups is 1. The monoisotopic (exact) mass is 387 g/mol. The molecule has 1 aromatic carbocycles. The SMILES string of the molecule is Cl.Cl.NCc1cc(C(=O)N2CCN(Cc3cccc(O)c3)CC2)co1. The second-order valence-electron chi connectivity index (χ2n) is 5.74. The number of carbonyl (C=O) groups excluding carboxylic acids is 1. The molecule has 0 spiro atoms. The minimum absolute atomic E-state index is 0. The molecule has 25 heavy (non-hydrogen) atoms. The first kappa shape index (κ1) is 21.3. The van der Waals surface area contributed by atoms with Crippen LogP contribution in [0.4, 0.5) is 0 Å². The lowest BCUT2D eigenvalue weighted by molar-refractivity contribution is 0.0628. The topological polar surface area (TPSA) is 82.9 Å². The largest absolute Gasteiger partial charge is 0.508 e. The molecule has 138 valence electrons. The van der Waals surface area contributed by atoms with Crippen LogP contribution < -0.4 is 5.73 Å². The van der Waals surface area contributed by atoms with E-state index in [0.29, 0.717) is 31.0 Å². The molecule has 0 aliphatic carbocycles. The zero-order valence-corrected chi connectivity index (χ0v) is 15.4. The lowest BCUT2D eigenvalue weighted by atomic mass is 10.2. The van der Waals surface area contributed by atoms with Crippen LogP contribution >= 0.6 is 24.8 Å². The first-order valence-electron chi connectivity index (χ1n) is 7.73. The second-order valence-corrected chi connectivity index (χ2v) is 5.74. The molecular formula is C17H23Cl2N3O3. The van der Waals surface area contributed by atoms with Gasteiger partial charge in [-0.05, 0) is 23.8 Å². The number of rotatable bonds is 4. The summed E-state index contributed by atoms with van der Waals surface area (Å²) in [6.45, 7) is 4.05. The summed E-state index contributed by atoms with van der Waals surface area (Å²) in [5.41, 5.74) is 7.14. The Morgan fingerprint density at radius 1 is 1.16 bits per heavy atom. The molecule has 0 unspecified atom stereocenters. The van der Waals surface area contributed by atoms with Crippen molar-refractivity contribution in [1.29, 1.82) is 0 Å². The van der Waals surface area contributed by atoms with Crippen LogP contribution in [0.3, 0.4) is 0 Å². The molecule has 1 amide bonds. The van der Waals surface area contributed by atoms with Gasteiger partial charge in [-0.1, -0.05) is 12.1 Å². The molecule has 0 radical (unpaired) electrons. The van der Waals surface area contributed by atoms with Crippen molar-refractivity contribution in [1.82, 2.24) is 9.80 Å². The van der Waals surface area contributed by atoms with Crippen LogP contribution in [0.25, 0.3) is 0 Å². The van der Waals surface area contributed by atoms with Crippen LogP contribution in [-0.2, 0) is 13.1 Å². The van der Waals surface area contributed by atoms with E-state index < -0.39 is 0 Å². The van der Waals surface area contributed by atoms with Crippen LogP contribution in [0, 0.1) is 0 Å². The predicted octanol–water partition coefficient (Wildman–Crippen LogP) is 2.25. The highest BCUT2D eigenvalue weighted by molar-refractivity contribution is 5.94. The van der Waals surface area contributed by atoms with Gasteiger partial charge in [0.05, 0.1) is 12.1 Å². The van der Waals surface area contributed by atoms with E-state index in [1.165, 1.54) is 6.26 Å². The summed E-state index contributed by atoms with van der Waals surface area (Å²) in [5, 5.41) is 9.52. The van der Waals surface area contributed by atoms with Gasteiger partial charge >= 0.3 is 0 Å². The number of amides is 1. The van der Waals surface area contributed by atoms with Gasteiger partial charge in [-0.25, -0.2) is 0 Å². The van der Waals surface area contributed by atoms with Crippen molar-refractivity contribution in [2.24, 2.45) is 5.73 Å². The molecule has 0 bridgehead atoms. The average Bonchev–Trinajstić information content (AvgIpc) is 3.04. The number of nitrogens with zero attached hydrogens (tertiary/aromatic N) is 2. The fraction of sp³-hybridized carbons (Fsp3) is 0.353. The van der Waals surface area contributed by atoms with Gasteiger partial charge in [0.15, 0.2) is 0 Å². The summed E-state index contributed by atoms with van der Waals surface area (Å²) in [6, 6.07) is 8.99. The molecule has 8 heteroatoms. The number of aromatic hydroxyl groups is 1. The molecular weight excluding hydrogens is 365 g/mol. The number of piperazine rings is 1. The molecule has 0 atom stereocenters. The molecule has 3 N–H and O–H groups in total. The number of hydrogen-bond acceptors (Lipinski definition) is 5. The fourth-order valence-corrected chi connectivity index (χ4v) is 2.80. The van der Waals surface area contributed by atoms with Crippen molar-refractivity contribution in [3.05, 3.63) is 53.5 Å². The number of phenolic OH excluding ortho intramolecular Hbond substituents is 1. The van der Waals surface area contributed by atoms with E-state index in [2.05, 4.69) is 4.90 Å². The molecule has 2 heterocycles. The van der Waals surface area contributed by atoms with E-state index in [1.54, 1.807) is 18.2 Å². The Labute approximate surface area is 159 Å². The van der Waals surface area contributed by atoms with E-state index in [0.717, 1.165) is 25.2 Å². The lowest BCUT2D eigenvalue weighted by Crippen LogP contribution is -2.48. The number of nitrogens with two attached hydrogens (primary N) is 1. The van der Waals surface area contributed by atoms with Crippen molar-refractivity contribution in [2.45, 2.75) is 13.1 Å². The van der Waals surface area contributed by atoms with Gasteiger partial charge in [0, 0.05) is 32.7 Å². The highest BCUT2D eigenvalue weighted by Gasteiger charge is 2.23. The molecule has 1 fully saturated rings. The molecule has 6 nitrogen and oxygen atoms in total. The van der Waals surface area contributed by atoms with Crippen LogP contribution in [-0.4, -0.2) is 47.0 Å². The third kappa shape index (κ3) is 5.37. The Morgan fingerprint density at radius 3 is 2.48 bits per heavy atom. The Kier molecular flexibility index (Phi) is 8.25. The lowest BCUT2D eigenvalue weighted by Gasteiger charge is -2.34. The molecule has 1 aliphatic rings. The minimum Gasteiger partial charge on any atom is -0.508 e. The Balaban J connectivity index is 0.00000156. The van der Waals surface area contributed by atoms with E-state index >= 15 is 0 Å². The van der Waals surface area contributed by atoms with Crippen LogP contribution in [0.5, 0.6) is 5.75 Å². The Morgan fingerprint density at radius 2 is 1.88 bits per heavy atom. The number of furan rings is 1. The molecule has 2 aromatic rings. The summed E-state index contributed by atoms with van der Waals surface area (Å²) < 4.78 is 5.23. The van der Waals surface area contributed by atoms with Gasteiger partial charge in [-0.15, -0.1) is 24.8 Å². The standard InChI is InChI=1S/C17H21N3O3.2ClH/c18-10-16-9-14(12-23-16)17(22)20-6-4-19(5-7-20)11-13-2-1-3-15(21)8-13;;/h1-3,8-9,12,21H,4-7,10-11,18H2;2*1H. The zero-order valence-electron chi connectivity index (χ0n) is 13.8. The minimum atomic E-state index is -0.00884. The molecule has 0 saturated carbocycles. The molecule has 1 aliphatic heterocycles. The van der Waals surface area contributed by atoms with Crippen LogP contribution in [0.1, 0.15) is 21.7 Å². The third-order valence-electron chi connectivity index (χ3n) is 4.08. The summed E-state index contributed by atoms with van der Waals surface area (Å²) in [4.78, 5) is 16.5. The molecule has 3 rings (SSSR count). The second kappa shape index (κ2) is 9.68. The van der Waals surface area contributed by atoms with Crippen LogP contribution in [0.2, 0.25) is 0 Å². The summed E-state index contributed by atoms with van der Waals surface area (Å²) in [6.07, 6.45) is 1.48. The highest BCUT2D eigenvalue weighted by Crippen LogP contribution is 2.16. The summed E-state index contributed by atoms with van der Waals surface area (Å²) in [7, 11) is 0. The number of halogens is 2. The number of hydrogen-bond donors (Lipinski definition) is 2. The van der Waals surface area contributed by atoms with Gasteiger partial charge in [0.1, 0.15) is 17.8 Å². The highest BCUT2D eigenvalue weighted by atomic mass is 35.5. The van der Waals surface area contributed by atoms with Gasteiger partial charge in [-0.2, -0.15) is 0 Å². The van der Waals surface area contributed by atoms with Gasteiger partial charge < -0.3 is 20.2 Å². The van der Waals surface area contributed by atoms with Crippen molar-refractivity contribution in [3.8, 4) is 5.75 Å². The van der Waals surface area contributed by atoms with E-state index in [4.69, 9.17) is 10.2 Å².